The lowest BCUT2D eigenvalue weighted by molar-refractivity contribution is -0.274. The molecular weight excluding hydrogens is 339 g/mol. The zero-order valence-electron chi connectivity index (χ0n) is 12.8. The van der Waals surface area contributed by atoms with E-state index in [4.69, 9.17) is 0 Å². The van der Waals surface area contributed by atoms with E-state index in [1.807, 2.05) is 0 Å². The summed E-state index contributed by atoms with van der Waals surface area (Å²) in [5, 5.41) is 9.59. The maximum atomic E-state index is 12.2. The molecule has 1 heterocycles. The zero-order chi connectivity index (χ0) is 16.7. The summed E-state index contributed by atoms with van der Waals surface area (Å²) in [5.41, 5.74) is 0.924. The van der Waals surface area contributed by atoms with Crippen molar-refractivity contribution in [2.45, 2.75) is 54.9 Å². The number of rotatable bonds is 6. The Morgan fingerprint density at radius 2 is 1.79 bits per heavy atom. The SMILES string of the molecule is FC(F)(F)Oc1ccc(CSc2nnc(C3CC3)n2C2CC2)cc1. The van der Waals surface area contributed by atoms with Crippen molar-refractivity contribution >= 4 is 11.8 Å². The highest BCUT2D eigenvalue weighted by Crippen LogP contribution is 2.46. The van der Waals surface area contributed by atoms with Crippen molar-refractivity contribution < 1.29 is 17.9 Å². The van der Waals surface area contributed by atoms with E-state index in [-0.39, 0.29) is 5.75 Å². The minimum absolute atomic E-state index is 0.201. The molecule has 0 saturated heterocycles. The third-order valence-electron chi connectivity index (χ3n) is 4.07. The lowest BCUT2D eigenvalue weighted by Crippen LogP contribution is -2.16. The summed E-state index contributed by atoms with van der Waals surface area (Å²) in [5.74, 6) is 2.11. The maximum absolute atomic E-state index is 12.2. The molecule has 1 aromatic heterocycles. The third-order valence-corrected chi connectivity index (χ3v) is 5.08. The first kappa shape index (κ1) is 15.8. The Balaban J connectivity index is 1.42. The van der Waals surface area contributed by atoms with E-state index in [2.05, 4.69) is 19.5 Å². The largest absolute Gasteiger partial charge is 0.573 e. The molecule has 24 heavy (non-hydrogen) atoms. The van der Waals surface area contributed by atoms with Gasteiger partial charge in [0.05, 0.1) is 0 Å². The Bertz CT molecular complexity index is 721. The fraction of sp³-hybridized carbons (Fsp3) is 0.500. The molecule has 128 valence electrons. The van der Waals surface area contributed by atoms with Gasteiger partial charge in [0.2, 0.25) is 0 Å². The minimum atomic E-state index is -4.66. The number of hydrogen-bond donors (Lipinski definition) is 0. The zero-order valence-corrected chi connectivity index (χ0v) is 13.6. The second kappa shape index (κ2) is 5.98. The van der Waals surface area contributed by atoms with Crippen LogP contribution in [-0.4, -0.2) is 21.1 Å². The number of halogens is 3. The second-order valence-electron chi connectivity index (χ2n) is 6.20. The van der Waals surface area contributed by atoms with E-state index < -0.39 is 6.36 Å². The van der Waals surface area contributed by atoms with Gasteiger partial charge in [-0.25, -0.2) is 0 Å². The molecule has 0 atom stereocenters. The monoisotopic (exact) mass is 355 g/mol. The van der Waals surface area contributed by atoms with E-state index in [9.17, 15) is 13.2 Å². The number of hydrogen-bond acceptors (Lipinski definition) is 4. The van der Waals surface area contributed by atoms with Crippen LogP contribution in [0.3, 0.4) is 0 Å². The molecule has 1 aromatic carbocycles. The number of aromatic nitrogens is 3. The molecule has 0 spiro atoms. The van der Waals surface area contributed by atoms with Gasteiger partial charge in [-0.2, -0.15) is 0 Å². The Morgan fingerprint density at radius 3 is 2.38 bits per heavy atom. The van der Waals surface area contributed by atoms with Crippen LogP contribution in [0.5, 0.6) is 5.75 Å². The molecule has 2 aromatic rings. The molecular formula is C16H16F3N3OS. The first-order valence-electron chi connectivity index (χ1n) is 7.92. The van der Waals surface area contributed by atoms with Crippen molar-refractivity contribution in [1.29, 1.82) is 0 Å². The Labute approximate surface area is 141 Å². The van der Waals surface area contributed by atoms with Crippen LogP contribution >= 0.6 is 11.8 Å². The predicted molar refractivity (Wildman–Crippen MR) is 83.0 cm³/mol. The van der Waals surface area contributed by atoms with Gasteiger partial charge < -0.3 is 9.30 Å². The minimum Gasteiger partial charge on any atom is -0.406 e. The molecule has 4 nitrogen and oxygen atoms in total. The number of thioether (sulfide) groups is 1. The summed E-state index contributed by atoms with van der Waals surface area (Å²) in [7, 11) is 0. The molecule has 0 bridgehead atoms. The van der Waals surface area contributed by atoms with Crippen molar-refractivity contribution in [1.82, 2.24) is 14.8 Å². The first-order valence-corrected chi connectivity index (χ1v) is 8.90. The molecule has 2 fully saturated rings. The fourth-order valence-electron chi connectivity index (χ4n) is 2.62. The number of nitrogens with zero attached hydrogens (tertiary/aromatic N) is 3. The van der Waals surface area contributed by atoms with Gasteiger partial charge >= 0.3 is 6.36 Å². The van der Waals surface area contributed by atoms with Gasteiger partial charge in [-0.15, -0.1) is 23.4 Å². The fourth-order valence-corrected chi connectivity index (χ4v) is 3.59. The third kappa shape index (κ3) is 3.68. The van der Waals surface area contributed by atoms with E-state index >= 15 is 0 Å². The van der Waals surface area contributed by atoms with Crippen molar-refractivity contribution in [3.8, 4) is 5.75 Å². The quantitative estimate of drug-likeness (QED) is 0.706. The van der Waals surface area contributed by atoms with Crippen LogP contribution in [0.2, 0.25) is 0 Å². The molecule has 2 aliphatic rings. The lowest BCUT2D eigenvalue weighted by Gasteiger charge is -2.10. The molecule has 2 aliphatic carbocycles. The van der Waals surface area contributed by atoms with Crippen molar-refractivity contribution in [2.75, 3.05) is 0 Å². The summed E-state index contributed by atoms with van der Waals surface area (Å²) >= 11 is 1.58. The molecule has 0 radical (unpaired) electrons. The molecule has 8 heteroatoms. The molecule has 2 saturated carbocycles. The van der Waals surface area contributed by atoms with Crippen LogP contribution in [0.1, 0.15) is 49.0 Å². The molecule has 0 amide bonds. The average molecular weight is 355 g/mol. The van der Waals surface area contributed by atoms with Crippen molar-refractivity contribution in [2.24, 2.45) is 0 Å². The molecule has 0 unspecified atom stereocenters. The number of alkyl halides is 3. The van der Waals surface area contributed by atoms with Gasteiger partial charge in [0.25, 0.3) is 0 Å². The Hall–Kier alpha value is -1.70. The Kier molecular flexibility index (Phi) is 3.94. The molecule has 0 N–H and O–H groups in total. The van der Waals surface area contributed by atoms with Crippen LogP contribution in [-0.2, 0) is 5.75 Å². The van der Waals surface area contributed by atoms with Crippen LogP contribution in [0.25, 0.3) is 0 Å². The van der Waals surface area contributed by atoms with Crippen molar-refractivity contribution in [3.63, 3.8) is 0 Å². The second-order valence-corrected chi connectivity index (χ2v) is 7.14. The summed E-state index contributed by atoms with van der Waals surface area (Å²) < 4.78 is 42.6. The van der Waals surface area contributed by atoms with Gasteiger partial charge in [0, 0.05) is 17.7 Å². The normalized spacial score (nSPS) is 18.0. The van der Waals surface area contributed by atoms with Crippen LogP contribution in [0.4, 0.5) is 13.2 Å². The van der Waals surface area contributed by atoms with Crippen LogP contribution in [0, 0.1) is 0 Å². The van der Waals surface area contributed by atoms with Gasteiger partial charge in [0.1, 0.15) is 11.6 Å². The van der Waals surface area contributed by atoms with Crippen LogP contribution < -0.4 is 4.74 Å². The van der Waals surface area contributed by atoms with Gasteiger partial charge in [-0.3, -0.25) is 0 Å². The first-order chi connectivity index (χ1) is 11.5. The van der Waals surface area contributed by atoms with Crippen molar-refractivity contribution in [3.05, 3.63) is 35.7 Å². The topological polar surface area (TPSA) is 39.9 Å². The maximum Gasteiger partial charge on any atom is 0.573 e. The Morgan fingerprint density at radius 1 is 1.08 bits per heavy atom. The number of benzene rings is 1. The summed E-state index contributed by atoms with van der Waals surface area (Å²) in [6.45, 7) is 0. The average Bonchev–Trinajstić information content (AvgIpc) is 3.44. The predicted octanol–water partition coefficient (Wildman–Crippen LogP) is 4.68. The summed E-state index contributed by atoms with van der Waals surface area (Å²) in [4.78, 5) is 0. The van der Waals surface area contributed by atoms with E-state index in [1.165, 1.54) is 37.8 Å². The summed E-state index contributed by atoms with van der Waals surface area (Å²) in [6, 6.07) is 6.50. The van der Waals surface area contributed by atoms with E-state index in [1.54, 1.807) is 23.9 Å². The van der Waals surface area contributed by atoms with Gasteiger partial charge in [0.15, 0.2) is 5.16 Å². The van der Waals surface area contributed by atoms with E-state index in [0.717, 1.165) is 16.5 Å². The van der Waals surface area contributed by atoms with E-state index in [0.29, 0.717) is 17.7 Å². The highest BCUT2D eigenvalue weighted by molar-refractivity contribution is 7.98. The van der Waals surface area contributed by atoms with Gasteiger partial charge in [-0.1, -0.05) is 23.9 Å². The highest BCUT2D eigenvalue weighted by Gasteiger charge is 2.36. The molecule has 0 aliphatic heterocycles. The smallest absolute Gasteiger partial charge is 0.406 e. The lowest BCUT2D eigenvalue weighted by atomic mass is 10.2. The number of ether oxygens (including phenoxy) is 1. The highest BCUT2D eigenvalue weighted by atomic mass is 32.2. The van der Waals surface area contributed by atoms with Crippen LogP contribution in [0.15, 0.2) is 29.4 Å². The summed E-state index contributed by atoms with van der Waals surface area (Å²) in [6.07, 6.45) is 0.0755. The molecule has 4 rings (SSSR count). The standard InChI is InChI=1S/C16H16F3N3OS/c17-16(18,19)23-13-7-1-10(2-8-13)9-24-15-21-20-14(11-3-4-11)22(15)12-5-6-12/h1-2,7-8,11-12H,3-6,9H2. The van der Waals surface area contributed by atoms with Gasteiger partial charge in [-0.05, 0) is 43.4 Å².